The minimum atomic E-state index is -6.00. The maximum atomic E-state index is 14.5. The number of carbonyl (C=O) groups excluding carboxylic acids is 1. The van der Waals surface area contributed by atoms with Crippen molar-refractivity contribution in [1.82, 2.24) is 48.0 Å². The topological polar surface area (TPSA) is 141 Å². The van der Waals surface area contributed by atoms with Gasteiger partial charge in [0, 0.05) is 101 Å². The van der Waals surface area contributed by atoms with Crippen molar-refractivity contribution in [3.8, 4) is 45.6 Å². The zero-order chi connectivity index (χ0) is 64.4. The van der Waals surface area contributed by atoms with Crippen LogP contribution in [-0.2, 0) is 98.7 Å². The zero-order valence-corrected chi connectivity index (χ0v) is 52.6. The number of carboxylic acids is 1. The third-order valence-electron chi connectivity index (χ3n) is 14.2. The number of imidazole rings is 4. The van der Waals surface area contributed by atoms with Crippen LogP contribution in [0.3, 0.4) is 0 Å². The molecule has 7 aromatic carbocycles. The smallest absolute Gasteiger partial charge is 0.850 e. The quantitative estimate of drug-likeness (QED) is 0.0414. The van der Waals surface area contributed by atoms with Crippen LogP contribution in [0.2, 0.25) is 0 Å². The number of aryl methyl sites for hydroxylation is 4. The summed E-state index contributed by atoms with van der Waals surface area (Å²) in [5.41, 5.74) is 8.53. The molecular formula is C67H64B2F8Fe2N10O3+2. The number of carboxylic acid groups (broad SMARTS) is 1. The summed E-state index contributed by atoms with van der Waals surface area (Å²) in [6.07, 6.45) is 7.29. The van der Waals surface area contributed by atoms with Gasteiger partial charge < -0.3 is 67.8 Å². The second-order valence-corrected chi connectivity index (χ2v) is 21.2. The third-order valence-corrected chi connectivity index (χ3v) is 14.2. The number of carbonyl (C=O) groups is 1. The first-order valence-corrected chi connectivity index (χ1v) is 28.6. The summed E-state index contributed by atoms with van der Waals surface area (Å²) in [5.74, 6) is 2.43. The molecule has 13 nitrogen and oxygen atoms in total. The molecule has 0 unspecified atom stereocenters. The fourth-order valence-corrected chi connectivity index (χ4v) is 10.7. The van der Waals surface area contributed by atoms with Gasteiger partial charge in [0.2, 0.25) is 0 Å². The van der Waals surface area contributed by atoms with Crippen LogP contribution in [0.5, 0.6) is 0 Å². The van der Waals surface area contributed by atoms with E-state index in [9.17, 15) is 49.5 Å². The molecule has 4 heterocycles. The zero-order valence-electron chi connectivity index (χ0n) is 50.4. The largest absolute Gasteiger partial charge is 3.00 e. The molecule has 0 spiro atoms. The summed E-state index contributed by atoms with van der Waals surface area (Å²) in [6, 6.07) is 68.5. The summed E-state index contributed by atoms with van der Waals surface area (Å²) in [5, 5.41) is 26.8. The Balaban J connectivity index is 0.000000325. The van der Waals surface area contributed by atoms with Gasteiger partial charge in [-0.2, -0.15) is 0 Å². The van der Waals surface area contributed by atoms with E-state index in [1.54, 1.807) is 0 Å². The van der Waals surface area contributed by atoms with Gasteiger partial charge in [0.15, 0.2) is 0 Å². The molecule has 0 N–H and O–H groups in total. The monoisotopic (exact) mass is 1340 g/mol. The number of aliphatic carboxylic acids is 1. The molecule has 25 heteroatoms. The first-order chi connectivity index (χ1) is 43.0. The number of rotatable bonds is 20. The van der Waals surface area contributed by atoms with Crippen LogP contribution in [0.15, 0.2) is 237 Å². The van der Waals surface area contributed by atoms with E-state index in [1.165, 1.54) is 0 Å². The fraction of sp³-hybridized carbons (Fsp3) is 0.179. The Bertz CT molecular complexity index is 3520. The Kier molecular flexibility index (Phi) is 26.4. The molecule has 0 fully saturated rings. The van der Waals surface area contributed by atoms with E-state index in [-0.39, 0.29) is 34.1 Å². The van der Waals surface area contributed by atoms with Gasteiger partial charge in [-0.25, -0.2) is 19.9 Å². The molecule has 0 saturated carbocycles. The van der Waals surface area contributed by atoms with Gasteiger partial charge in [-0.05, 0) is 29.8 Å². The molecule has 11 rings (SSSR count). The molecule has 2 radical (unpaired) electrons. The number of benzene rings is 7. The molecule has 4 aromatic heterocycles. The van der Waals surface area contributed by atoms with Crippen molar-refractivity contribution < 1.29 is 83.7 Å². The Morgan fingerprint density at radius 1 is 0.391 bits per heavy atom. The predicted molar refractivity (Wildman–Crippen MR) is 331 cm³/mol. The van der Waals surface area contributed by atoms with E-state index >= 15 is 0 Å². The van der Waals surface area contributed by atoms with Crippen molar-refractivity contribution >= 4 is 20.5 Å². The third kappa shape index (κ3) is 20.7. The number of hydrogen-bond donors (Lipinski definition) is 0. The Labute approximate surface area is 550 Å². The van der Waals surface area contributed by atoms with Crippen molar-refractivity contribution in [2.75, 3.05) is 13.1 Å². The van der Waals surface area contributed by atoms with Crippen LogP contribution in [0, 0.1) is 0 Å². The Hall–Kier alpha value is -8.66. The molecule has 0 aliphatic heterocycles. The average Bonchev–Trinajstić information content (AvgIpc) is 1.12. The number of nitrogens with zero attached hydrogens (tertiary/aromatic N) is 10. The van der Waals surface area contributed by atoms with Crippen LogP contribution in [-0.4, -0.2) is 87.7 Å². The van der Waals surface area contributed by atoms with Crippen molar-refractivity contribution in [2.45, 2.75) is 37.7 Å². The molecule has 0 aliphatic rings. The predicted octanol–water partition coefficient (Wildman–Crippen LogP) is 12.1. The molecule has 476 valence electrons. The number of hydrogen-bond acceptors (Lipinski definition) is 9. The van der Waals surface area contributed by atoms with E-state index in [0.29, 0.717) is 56.0 Å². The first kappa shape index (κ1) is 72.4. The molecule has 0 amide bonds. The molecule has 11 aromatic rings. The van der Waals surface area contributed by atoms with E-state index in [2.05, 4.69) is 101 Å². The summed E-state index contributed by atoms with van der Waals surface area (Å²) < 4.78 is 86.2. The first-order valence-electron chi connectivity index (χ1n) is 28.6. The molecule has 0 saturated heterocycles. The molecular weight excluding hydrogens is 1280 g/mol. The van der Waals surface area contributed by atoms with Gasteiger partial charge in [0.05, 0.1) is 34.2 Å². The molecule has 0 bridgehead atoms. The molecule has 0 aliphatic carbocycles. The second kappa shape index (κ2) is 33.6. The number of halogens is 8. The van der Waals surface area contributed by atoms with Crippen LogP contribution in [0.25, 0.3) is 45.6 Å². The number of aromatic nitrogens is 8. The van der Waals surface area contributed by atoms with E-state index in [0.717, 1.165) is 68.3 Å². The van der Waals surface area contributed by atoms with E-state index < -0.39 is 32.0 Å². The molecule has 0 atom stereocenters. The van der Waals surface area contributed by atoms with E-state index in [1.807, 2.05) is 192 Å². The maximum Gasteiger partial charge on any atom is 3.00 e. The van der Waals surface area contributed by atoms with Gasteiger partial charge >= 0.3 is 48.6 Å². The maximum absolute atomic E-state index is 14.5. The summed E-state index contributed by atoms with van der Waals surface area (Å²) in [7, 11) is -3.93. The Morgan fingerprint density at radius 3 is 0.761 bits per heavy atom. The fourth-order valence-electron chi connectivity index (χ4n) is 10.7. The van der Waals surface area contributed by atoms with Crippen LogP contribution in [0.1, 0.15) is 39.5 Å². The summed E-state index contributed by atoms with van der Waals surface area (Å²) in [6.45, 7) is 2.58. The normalized spacial score (nSPS) is 11.3. The minimum absolute atomic E-state index is 0. The van der Waals surface area contributed by atoms with Gasteiger partial charge in [0.1, 0.15) is 23.3 Å². The van der Waals surface area contributed by atoms with Crippen molar-refractivity contribution in [2.24, 2.45) is 28.2 Å². The van der Waals surface area contributed by atoms with Crippen molar-refractivity contribution in [1.29, 1.82) is 0 Å². The minimum Gasteiger partial charge on any atom is -0.850 e. The van der Waals surface area contributed by atoms with Crippen molar-refractivity contribution in [3.05, 3.63) is 277 Å². The standard InChI is InChI=1S/C47H49N10O.C20H16O2.2BF4.2Fe/c1-52-25-39(48-44(52)35-17-9-5-10-18-35)29-56(30-40-26-53(2)45(49-40)36-19-11-6-12-20-36)33-43(58)34-57(31-41-27-54(3)46(50-41)37-21-13-7-14-22-37)32-42-28-55(4)47(51-42)38-23-15-8-16-24-38;21-19(22)20(16-10-4-1-5-11-16,17-12-6-2-7-13-17)18-14-8-3-9-15-18;2*2-1(3,4)5;;/h5-28,43H,29-34H2,1-4H3;1-15H,(H,21,22);;;;/q-1;;2*-1;2*+3/p-1. The van der Waals surface area contributed by atoms with Crippen LogP contribution in [0.4, 0.5) is 34.5 Å². The summed E-state index contributed by atoms with van der Waals surface area (Å²) >= 11 is 0. The Morgan fingerprint density at radius 2 is 0.576 bits per heavy atom. The van der Waals surface area contributed by atoms with Crippen molar-refractivity contribution in [3.63, 3.8) is 0 Å². The van der Waals surface area contributed by atoms with Crippen LogP contribution >= 0.6 is 0 Å². The average molecular weight is 1340 g/mol. The van der Waals surface area contributed by atoms with Gasteiger partial charge in [-0.15, -0.1) is 6.10 Å². The van der Waals surface area contributed by atoms with E-state index in [4.69, 9.17) is 19.9 Å². The van der Waals surface area contributed by atoms with Gasteiger partial charge in [-0.1, -0.05) is 212 Å². The second-order valence-electron chi connectivity index (χ2n) is 21.2. The summed E-state index contributed by atoms with van der Waals surface area (Å²) in [4.78, 5) is 36.9. The van der Waals surface area contributed by atoms with Gasteiger partial charge in [-0.3, -0.25) is 9.80 Å². The SMILES string of the molecule is Cn1cc(CN(Cc2cn(C)c(-c3ccccc3)n2)CC([O-])CN(Cc2cn(C)c(-c3ccccc3)n2)Cc2cn(C)c(-c3ccccc3)n2)nc1-c1ccccc1.F[B-](F)(F)F.F[B-](F)(F)F.O=C([O-])C(c1ccccc1)(c1ccccc1)c1ccccc1.[Fe+3].[Fe+3]. The molecule has 92 heavy (non-hydrogen) atoms. The van der Waals surface area contributed by atoms with Crippen LogP contribution < -0.4 is 10.2 Å². The van der Waals surface area contributed by atoms with Gasteiger partial charge in [0.25, 0.3) is 0 Å².